The molecular formula is C15H15FN4S. The molecule has 3 rings (SSSR count). The van der Waals surface area contributed by atoms with E-state index in [0.717, 1.165) is 21.3 Å². The molecule has 2 heterocycles. The first-order valence-electron chi connectivity index (χ1n) is 6.63. The second kappa shape index (κ2) is 5.83. The van der Waals surface area contributed by atoms with Gasteiger partial charge in [-0.2, -0.15) is 0 Å². The van der Waals surface area contributed by atoms with Crippen LogP contribution in [-0.4, -0.2) is 21.6 Å². The number of rotatable bonds is 4. The van der Waals surface area contributed by atoms with Crippen molar-refractivity contribution in [3.8, 4) is 0 Å². The Kier molecular flexibility index (Phi) is 3.90. The molecule has 0 aliphatic rings. The second-order valence-corrected chi connectivity index (χ2v) is 5.72. The number of nitrogens with zero attached hydrogens (tertiary/aromatic N) is 3. The van der Waals surface area contributed by atoms with Crippen LogP contribution in [-0.2, 0) is 0 Å². The van der Waals surface area contributed by atoms with E-state index in [4.69, 9.17) is 0 Å². The van der Waals surface area contributed by atoms with Gasteiger partial charge in [0.25, 0.3) is 0 Å². The summed E-state index contributed by atoms with van der Waals surface area (Å²) < 4.78 is 15.4. The van der Waals surface area contributed by atoms with Crippen LogP contribution in [0.5, 0.6) is 0 Å². The molecule has 0 aliphatic heterocycles. The third-order valence-electron chi connectivity index (χ3n) is 3.36. The minimum atomic E-state index is -0.234. The topological polar surface area (TPSA) is 42.2 Å². The summed E-state index contributed by atoms with van der Waals surface area (Å²) >= 11 is 1.49. The highest BCUT2D eigenvalue weighted by Gasteiger charge is 2.14. The van der Waals surface area contributed by atoms with Crippen molar-refractivity contribution in [1.82, 2.24) is 19.9 Å². The number of nitrogens with one attached hydrogen (secondary N) is 1. The van der Waals surface area contributed by atoms with Crippen molar-refractivity contribution in [2.24, 2.45) is 0 Å². The fraction of sp³-hybridized carbons (Fsp3) is 0.200. The molecule has 21 heavy (non-hydrogen) atoms. The smallest absolute Gasteiger partial charge is 0.200 e. The lowest BCUT2D eigenvalue weighted by Crippen LogP contribution is -2.13. The first-order chi connectivity index (χ1) is 10.2. The van der Waals surface area contributed by atoms with Crippen LogP contribution < -0.4 is 5.32 Å². The number of aromatic nitrogens is 3. The number of pyridine rings is 1. The van der Waals surface area contributed by atoms with Crippen molar-refractivity contribution >= 4 is 17.4 Å². The van der Waals surface area contributed by atoms with Gasteiger partial charge in [0, 0.05) is 17.1 Å². The molecule has 108 valence electrons. The fourth-order valence-electron chi connectivity index (χ4n) is 2.09. The third-order valence-corrected chi connectivity index (χ3v) is 4.41. The van der Waals surface area contributed by atoms with Gasteiger partial charge in [-0.05, 0) is 61.6 Å². The molecule has 4 nitrogen and oxygen atoms in total. The zero-order valence-electron chi connectivity index (χ0n) is 11.7. The number of halogens is 1. The molecule has 0 bridgehead atoms. The minimum Gasteiger partial charge on any atom is -0.313 e. The van der Waals surface area contributed by atoms with Crippen molar-refractivity contribution in [3.63, 3.8) is 0 Å². The fourth-order valence-corrected chi connectivity index (χ4v) is 3.11. The van der Waals surface area contributed by atoms with Gasteiger partial charge >= 0.3 is 0 Å². The Morgan fingerprint density at radius 2 is 2.10 bits per heavy atom. The molecular weight excluding hydrogens is 287 g/mol. The molecule has 1 unspecified atom stereocenters. The van der Waals surface area contributed by atoms with Gasteiger partial charge in [0.2, 0.25) is 0 Å². The zero-order chi connectivity index (χ0) is 14.8. The molecule has 1 atom stereocenters. The maximum absolute atomic E-state index is 13.5. The zero-order valence-corrected chi connectivity index (χ0v) is 12.6. The van der Waals surface area contributed by atoms with Gasteiger partial charge in [0.1, 0.15) is 5.82 Å². The van der Waals surface area contributed by atoms with E-state index in [2.05, 4.69) is 15.5 Å². The number of fused-ring (bicyclic) bond motifs is 1. The summed E-state index contributed by atoms with van der Waals surface area (Å²) in [5.74, 6) is -0.234. The van der Waals surface area contributed by atoms with Gasteiger partial charge in [-0.1, -0.05) is 6.07 Å². The molecule has 2 aromatic heterocycles. The standard InChI is InChI=1S/C15H15FN4S/c1-10(17-2)12-9-11(16)6-7-13(12)21-15-19-18-14-5-3-4-8-20(14)15/h3-10,17H,1-2H3. The largest absolute Gasteiger partial charge is 0.313 e. The lowest BCUT2D eigenvalue weighted by atomic mass is 10.1. The Morgan fingerprint density at radius 3 is 2.90 bits per heavy atom. The van der Waals surface area contributed by atoms with E-state index < -0.39 is 0 Å². The van der Waals surface area contributed by atoms with Gasteiger partial charge in [0.05, 0.1) is 0 Å². The maximum atomic E-state index is 13.5. The first kappa shape index (κ1) is 14.0. The third kappa shape index (κ3) is 2.77. The summed E-state index contributed by atoms with van der Waals surface area (Å²) in [5, 5.41) is 12.2. The molecule has 1 N–H and O–H groups in total. The predicted octanol–water partition coefficient (Wildman–Crippen LogP) is 3.30. The lowest BCUT2D eigenvalue weighted by Gasteiger charge is -2.15. The number of hydrogen-bond acceptors (Lipinski definition) is 4. The minimum absolute atomic E-state index is 0.0578. The van der Waals surface area contributed by atoms with Crippen LogP contribution in [0.2, 0.25) is 0 Å². The summed E-state index contributed by atoms with van der Waals surface area (Å²) in [5.41, 5.74) is 1.71. The molecule has 0 saturated heterocycles. The Labute approximate surface area is 126 Å². The summed E-state index contributed by atoms with van der Waals surface area (Å²) in [7, 11) is 1.86. The Morgan fingerprint density at radius 1 is 1.24 bits per heavy atom. The normalized spacial score (nSPS) is 12.7. The summed E-state index contributed by atoms with van der Waals surface area (Å²) in [4.78, 5) is 0.969. The van der Waals surface area contributed by atoms with Gasteiger partial charge < -0.3 is 5.32 Å². The van der Waals surface area contributed by atoms with E-state index >= 15 is 0 Å². The first-order valence-corrected chi connectivity index (χ1v) is 7.45. The molecule has 3 aromatic rings. The molecule has 0 amide bonds. The SMILES string of the molecule is CNC(C)c1cc(F)ccc1Sc1nnc2ccccn12. The van der Waals surface area contributed by atoms with Crippen LogP contribution >= 0.6 is 11.8 Å². The van der Waals surface area contributed by atoms with Gasteiger partial charge in [0.15, 0.2) is 10.8 Å². The van der Waals surface area contributed by atoms with Crippen LogP contribution in [0.4, 0.5) is 4.39 Å². The molecule has 0 fully saturated rings. The second-order valence-electron chi connectivity index (χ2n) is 4.71. The molecule has 0 radical (unpaired) electrons. The summed E-state index contributed by atoms with van der Waals surface area (Å²) in [6.07, 6.45) is 1.92. The Balaban J connectivity index is 2.01. The van der Waals surface area contributed by atoms with Crippen molar-refractivity contribution < 1.29 is 4.39 Å². The highest BCUT2D eigenvalue weighted by molar-refractivity contribution is 7.99. The van der Waals surface area contributed by atoms with Crippen LogP contribution in [0.25, 0.3) is 5.65 Å². The molecule has 0 aliphatic carbocycles. The molecule has 1 aromatic carbocycles. The quantitative estimate of drug-likeness (QED) is 0.803. The average molecular weight is 302 g/mol. The van der Waals surface area contributed by atoms with Gasteiger partial charge in [-0.25, -0.2) is 4.39 Å². The van der Waals surface area contributed by atoms with Crippen molar-refractivity contribution in [2.45, 2.75) is 23.0 Å². The van der Waals surface area contributed by atoms with Gasteiger partial charge in [-0.3, -0.25) is 4.40 Å². The Bertz CT molecular complexity index is 771. The summed E-state index contributed by atoms with van der Waals surface area (Å²) in [6.45, 7) is 2.00. The highest BCUT2D eigenvalue weighted by atomic mass is 32.2. The average Bonchev–Trinajstić information content (AvgIpc) is 2.91. The van der Waals surface area contributed by atoms with E-state index in [1.54, 1.807) is 12.1 Å². The summed E-state index contributed by atoms with van der Waals surface area (Å²) in [6, 6.07) is 10.6. The van der Waals surface area contributed by atoms with Crippen LogP contribution in [0.1, 0.15) is 18.5 Å². The number of benzene rings is 1. The van der Waals surface area contributed by atoms with Crippen LogP contribution in [0, 0.1) is 5.82 Å². The van der Waals surface area contributed by atoms with E-state index in [1.165, 1.54) is 17.8 Å². The predicted molar refractivity (Wildman–Crippen MR) is 81.0 cm³/mol. The lowest BCUT2D eigenvalue weighted by molar-refractivity contribution is 0.601. The molecule has 0 saturated carbocycles. The monoisotopic (exact) mass is 302 g/mol. The van der Waals surface area contributed by atoms with Crippen molar-refractivity contribution in [1.29, 1.82) is 0 Å². The molecule has 6 heteroatoms. The van der Waals surface area contributed by atoms with E-state index in [1.807, 2.05) is 42.8 Å². The van der Waals surface area contributed by atoms with E-state index in [-0.39, 0.29) is 11.9 Å². The highest BCUT2D eigenvalue weighted by Crippen LogP contribution is 2.32. The Hall–Kier alpha value is -1.92. The molecule has 0 spiro atoms. The van der Waals surface area contributed by atoms with Gasteiger partial charge in [-0.15, -0.1) is 10.2 Å². The van der Waals surface area contributed by atoms with Crippen molar-refractivity contribution in [2.75, 3.05) is 7.05 Å². The van der Waals surface area contributed by atoms with Crippen LogP contribution in [0.15, 0.2) is 52.6 Å². The van der Waals surface area contributed by atoms with E-state index in [9.17, 15) is 4.39 Å². The van der Waals surface area contributed by atoms with E-state index in [0.29, 0.717) is 0 Å². The number of hydrogen-bond donors (Lipinski definition) is 1. The van der Waals surface area contributed by atoms with Crippen LogP contribution in [0.3, 0.4) is 0 Å². The maximum Gasteiger partial charge on any atom is 0.200 e. The van der Waals surface area contributed by atoms with Crippen molar-refractivity contribution in [3.05, 3.63) is 54.0 Å².